The molecule has 0 unspecified atom stereocenters. The van der Waals surface area contributed by atoms with Crippen LogP contribution in [0.1, 0.15) is 42.5 Å². The molecular formula is C16H22O3. The largest absolute Gasteiger partial charge is 0.497 e. The van der Waals surface area contributed by atoms with Crippen LogP contribution >= 0.6 is 0 Å². The molecule has 0 aromatic heterocycles. The normalized spacial score (nSPS) is 23.1. The Morgan fingerprint density at radius 2 is 1.74 bits per heavy atom. The number of hydrogen-bond acceptors (Lipinski definition) is 3. The third kappa shape index (κ3) is 3.80. The summed E-state index contributed by atoms with van der Waals surface area (Å²) in [5.41, 5.74) is 0.787. The van der Waals surface area contributed by atoms with Gasteiger partial charge in [0.15, 0.2) is 5.78 Å². The molecule has 0 N–H and O–H groups in total. The standard InChI is InChI=1S/C16H22O3/c1-18-14-7-3-12(4-8-14)11-16(17)13-5-9-15(19-2)10-6-13/h5-6,9-10,12,14H,3-4,7-8,11H2,1-2H3. The van der Waals surface area contributed by atoms with Gasteiger partial charge in [-0.1, -0.05) is 0 Å². The van der Waals surface area contributed by atoms with Crippen LogP contribution in [0.3, 0.4) is 0 Å². The van der Waals surface area contributed by atoms with Gasteiger partial charge in [-0.15, -0.1) is 0 Å². The average Bonchev–Trinajstić information content (AvgIpc) is 2.48. The van der Waals surface area contributed by atoms with E-state index < -0.39 is 0 Å². The Morgan fingerprint density at radius 3 is 2.26 bits per heavy atom. The second kappa shape index (κ2) is 6.71. The van der Waals surface area contributed by atoms with Crippen LogP contribution in [0.2, 0.25) is 0 Å². The highest BCUT2D eigenvalue weighted by molar-refractivity contribution is 5.96. The minimum absolute atomic E-state index is 0.239. The van der Waals surface area contributed by atoms with E-state index in [2.05, 4.69) is 0 Å². The fourth-order valence-electron chi connectivity index (χ4n) is 2.73. The van der Waals surface area contributed by atoms with Crippen molar-refractivity contribution in [3.8, 4) is 5.75 Å². The first-order valence-corrected chi connectivity index (χ1v) is 6.93. The molecule has 19 heavy (non-hydrogen) atoms. The van der Waals surface area contributed by atoms with Crippen molar-refractivity contribution in [2.24, 2.45) is 5.92 Å². The molecule has 0 amide bonds. The number of carbonyl (C=O) groups excluding carboxylic acids is 1. The Labute approximate surface area is 114 Å². The molecule has 3 heteroatoms. The molecule has 1 aliphatic carbocycles. The highest BCUT2D eigenvalue weighted by Gasteiger charge is 2.23. The van der Waals surface area contributed by atoms with Crippen molar-refractivity contribution in [3.05, 3.63) is 29.8 Å². The SMILES string of the molecule is COc1ccc(C(=O)CC2CCC(OC)CC2)cc1. The van der Waals surface area contributed by atoms with Gasteiger partial charge < -0.3 is 9.47 Å². The van der Waals surface area contributed by atoms with Crippen molar-refractivity contribution in [2.45, 2.75) is 38.2 Å². The van der Waals surface area contributed by atoms with E-state index in [0.29, 0.717) is 18.4 Å². The lowest BCUT2D eigenvalue weighted by Crippen LogP contribution is -2.22. The summed E-state index contributed by atoms with van der Waals surface area (Å²) in [6.07, 6.45) is 5.41. The van der Waals surface area contributed by atoms with Gasteiger partial charge in [0.05, 0.1) is 13.2 Å². The van der Waals surface area contributed by atoms with E-state index in [0.717, 1.165) is 37.0 Å². The first-order valence-electron chi connectivity index (χ1n) is 6.93. The molecule has 0 spiro atoms. The van der Waals surface area contributed by atoms with E-state index in [9.17, 15) is 4.79 Å². The van der Waals surface area contributed by atoms with Gasteiger partial charge in [-0.2, -0.15) is 0 Å². The first-order chi connectivity index (χ1) is 9.22. The molecule has 0 heterocycles. The van der Waals surface area contributed by atoms with Crippen LogP contribution in [-0.2, 0) is 4.74 Å². The van der Waals surface area contributed by atoms with E-state index in [1.807, 2.05) is 24.3 Å². The van der Waals surface area contributed by atoms with E-state index in [1.165, 1.54) is 0 Å². The number of hydrogen-bond donors (Lipinski definition) is 0. The first kappa shape index (κ1) is 14.1. The molecular weight excluding hydrogens is 240 g/mol. The van der Waals surface area contributed by atoms with Crippen LogP contribution in [0.5, 0.6) is 5.75 Å². The van der Waals surface area contributed by atoms with Gasteiger partial charge in [-0.3, -0.25) is 4.79 Å². The van der Waals surface area contributed by atoms with Crippen molar-refractivity contribution in [1.82, 2.24) is 0 Å². The van der Waals surface area contributed by atoms with E-state index in [1.54, 1.807) is 14.2 Å². The quantitative estimate of drug-likeness (QED) is 0.762. The van der Waals surface area contributed by atoms with Gasteiger partial charge in [0.25, 0.3) is 0 Å². The fraction of sp³-hybridized carbons (Fsp3) is 0.562. The Morgan fingerprint density at radius 1 is 1.11 bits per heavy atom. The summed E-state index contributed by atoms with van der Waals surface area (Å²) in [4.78, 5) is 12.2. The molecule has 1 aliphatic rings. The van der Waals surface area contributed by atoms with Crippen molar-refractivity contribution >= 4 is 5.78 Å². The lowest BCUT2D eigenvalue weighted by molar-refractivity contribution is 0.0539. The number of carbonyl (C=O) groups is 1. The zero-order chi connectivity index (χ0) is 13.7. The third-order valence-electron chi connectivity index (χ3n) is 4.01. The molecule has 1 fully saturated rings. The van der Waals surface area contributed by atoms with Gasteiger partial charge in [0.1, 0.15) is 5.75 Å². The average molecular weight is 262 g/mol. The maximum absolute atomic E-state index is 12.2. The molecule has 2 rings (SSSR count). The molecule has 0 atom stereocenters. The Kier molecular flexibility index (Phi) is 4.97. The summed E-state index contributed by atoms with van der Waals surface area (Å²) in [5, 5.41) is 0. The highest BCUT2D eigenvalue weighted by atomic mass is 16.5. The van der Waals surface area contributed by atoms with Gasteiger partial charge in [-0.05, 0) is 55.9 Å². The lowest BCUT2D eigenvalue weighted by atomic mass is 9.83. The van der Waals surface area contributed by atoms with E-state index in [-0.39, 0.29) is 5.78 Å². The minimum Gasteiger partial charge on any atom is -0.497 e. The number of methoxy groups -OCH3 is 2. The zero-order valence-electron chi connectivity index (χ0n) is 11.7. The molecule has 104 valence electrons. The topological polar surface area (TPSA) is 35.5 Å². The van der Waals surface area contributed by atoms with Crippen LogP contribution in [0, 0.1) is 5.92 Å². The molecule has 0 aliphatic heterocycles. The maximum atomic E-state index is 12.2. The van der Waals surface area contributed by atoms with E-state index in [4.69, 9.17) is 9.47 Å². The van der Waals surface area contributed by atoms with Crippen molar-refractivity contribution in [1.29, 1.82) is 0 Å². The predicted molar refractivity (Wildman–Crippen MR) is 74.7 cm³/mol. The van der Waals surface area contributed by atoms with Gasteiger partial charge in [0, 0.05) is 19.1 Å². The minimum atomic E-state index is 0.239. The van der Waals surface area contributed by atoms with Gasteiger partial charge in [-0.25, -0.2) is 0 Å². The highest BCUT2D eigenvalue weighted by Crippen LogP contribution is 2.29. The number of rotatable bonds is 5. The lowest BCUT2D eigenvalue weighted by Gasteiger charge is -2.27. The summed E-state index contributed by atoms with van der Waals surface area (Å²) >= 11 is 0. The molecule has 3 nitrogen and oxygen atoms in total. The number of Topliss-reactive ketones (excluding diaryl/α,β-unsaturated/α-hetero) is 1. The van der Waals surface area contributed by atoms with E-state index >= 15 is 0 Å². The van der Waals surface area contributed by atoms with Crippen LogP contribution in [-0.4, -0.2) is 26.1 Å². The van der Waals surface area contributed by atoms with Crippen LogP contribution in [0.25, 0.3) is 0 Å². The summed E-state index contributed by atoms with van der Waals surface area (Å²) < 4.78 is 10.5. The molecule has 0 bridgehead atoms. The second-order valence-electron chi connectivity index (χ2n) is 5.23. The van der Waals surface area contributed by atoms with Crippen LogP contribution < -0.4 is 4.74 Å². The second-order valence-corrected chi connectivity index (χ2v) is 5.23. The third-order valence-corrected chi connectivity index (χ3v) is 4.01. The maximum Gasteiger partial charge on any atom is 0.163 e. The van der Waals surface area contributed by atoms with Crippen molar-refractivity contribution in [2.75, 3.05) is 14.2 Å². The molecule has 1 aromatic rings. The van der Waals surface area contributed by atoms with Crippen LogP contribution in [0.4, 0.5) is 0 Å². The number of ether oxygens (including phenoxy) is 2. The van der Waals surface area contributed by atoms with Gasteiger partial charge in [0.2, 0.25) is 0 Å². The smallest absolute Gasteiger partial charge is 0.163 e. The summed E-state index contributed by atoms with van der Waals surface area (Å²) in [6, 6.07) is 7.38. The zero-order valence-corrected chi connectivity index (χ0v) is 11.7. The van der Waals surface area contributed by atoms with Crippen LogP contribution in [0.15, 0.2) is 24.3 Å². The molecule has 1 saturated carbocycles. The Balaban J connectivity index is 1.87. The summed E-state index contributed by atoms with van der Waals surface area (Å²) in [5.74, 6) is 1.54. The fourth-order valence-corrected chi connectivity index (χ4v) is 2.73. The van der Waals surface area contributed by atoms with Gasteiger partial charge >= 0.3 is 0 Å². The van der Waals surface area contributed by atoms with Crippen molar-refractivity contribution < 1.29 is 14.3 Å². The molecule has 1 aromatic carbocycles. The monoisotopic (exact) mass is 262 g/mol. The Bertz CT molecular complexity index is 403. The molecule has 0 radical (unpaired) electrons. The number of benzene rings is 1. The Hall–Kier alpha value is -1.35. The number of ketones is 1. The predicted octanol–water partition coefficient (Wildman–Crippen LogP) is 3.47. The molecule has 0 saturated heterocycles. The summed E-state index contributed by atoms with van der Waals surface area (Å²) in [7, 11) is 3.40. The summed E-state index contributed by atoms with van der Waals surface area (Å²) in [6.45, 7) is 0. The van der Waals surface area contributed by atoms with Crippen molar-refractivity contribution in [3.63, 3.8) is 0 Å².